The first-order valence-corrected chi connectivity index (χ1v) is 6.18. The molecule has 5 nitrogen and oxygen atoms in total. The summed E-state index contributed by atoms with van der Waals surface area (Å²) in [5.74, 6) is 0.610. The lowest BCUT2D eigenvalue weighted by molar-refractivity contribution is 0.262. The highest BCUT2D eigenvalue weighted by Crippen LogP contribution is 2.27. The number of carbonyl (C=O) groups excluding carboxylic acids is 1. The van der Waals surface area contributed by atoms with Gasteiger partial charge in [0.1, 0.15) is 5.82 Å². The van der Waals surface area contributed by atoms with Crippen molar-refractivity contribution in [3.05, 3.63) is 40.5 Å². The standard InChI is InChI=1S/C13H15ClN4O/c1-8-6-9(2)12(10(14)7-8)17-13(19)16-11-4-5-15-18(11)3/h4-7H,1-3H3,(H2,16,17,19). The molecule has 0 aliphatic heterocycles. The first kappa shape index (κ1) is 13.4. The molecule has 0 saturated heterocycles. The van der Waals surface area contributed by atoms with E-state index < -0.39 is 0 Å². The number of benzene rings is 1. The molecule has 2 amide bonds. The molecule has 2 N–H and O–H groups in total. The highest BCUT2D eigenvalue weighted by molar-refractivity contribution is 6.34. The summed E-state index contributed by atoms with van der Waals surface area (Å²) in [5, 5.41) is 9.94. The fourth-order valence-electron chi connectivity index (χ4n) is 1.83. The van der Waals surface area contributed by atoms with Gasteiger partial charge in [-0.2, -0.15) is 5.10 Å². The van der Waals surface area contributed by atoms with Gasteiger partial charge in [0.05, 0.1) is 16.9 Å². The Hall–Kier alpha value is -2.01. The number of halogens is 1. The monoisotopic (exact) mass is 278 g/mol. The number of anilines is 2. The van der Waals surface area contributed by atoms with Crippen LogP contribution < -0.4 is 10.6 Å². The number of nitrogens with zero attached hydrogens (tertiary/aromatic N) is 2. The largest absolute Gasteiger partial charge is 0.324 e. The number of rotatable bonds is 2. The van der Waals surface area contributed by atoms with Gasteiger partial charge in [0.15, 0.2) is 0 Å². The molecule has 6 heteroatoms. The average Bonchev–Trinajstić information content (AvgIpc) is 2.69. The molecule has 0 aliphatic carbocycles. The average molecular weight is 279 g/mol. The number of hydrogen-bond donors (Lipinski definition) is 2. The van der Waals surface area contributed by atoms with Crippen LogP contribution in [0.3, 0.4) is 0 Å². The number of aromatic nitrogens is 2. The second kappa shape index (κ2) is 5.32. The lowest BCUT2D eigenvalue weighted by Crippen LogP contribution is -2.21. The maximum Gasteiger partial charge on any atom is 0.324 e. The van der Waals surface area contributed by atoms with E-state index in [1.165, 1.54) is 0 Å². The first-order chi connectivity index (χ1) is 8.97. The Labute approximate surface area is 116 Å². The van der Waals surface area contributed by atoms with Crippen LogP contribution in [-0.2, 0) is 7.05 Å². The van der Waals surface area contributed by atoms with Crippen molar-refractivity contribution in [1.82, 2.24) is 9.78 Å². The van der Waals surface area contributed by atoms with Crippen molar-refractivity contribution in [2.45, 2.75) is 13.8 Å². The summed E-state index contributed by atoms with van der Waals surface area (Å²) >= 11 is 6.13. The van der Waals surface area contributed by atoms with Gasteiger partial charge in [0.25, 0.3) is 0 Å². The minimum absolute atomic E-state index is 0.350. The molecular formula is C13H15ClN4O. The molecular weight excluding hydrogens is 264 g/mol. The molecule has 100 valence electrons. The third-order valence-corrected chi connectivity index (χ3v) is 3.03. The number of hydrogen-bond acceptors (Lipinski definition) is 2. The first-order valence-electron chi connectivity index (χ1n) is 5.80. The zero-order chi connectivity index (χ0) is 14.0. The molecule has 1 aromatic carbocycles. The van der Waals surface area contributed by atoms with Crippen molar-refractivity contribution < 1.29 is 4.79 Å². The van der Waals surface area contributed by atoms with Crippen LogP contribution in [0.4, 0.5) is 16.3 Å². The maximum atomic E-state index is 11.9. The van der Waals surface area contributed by atoms with Gasteiger partial charge in [-0.1, -0.05) is 17.7 Å². The quantitative estimate of drug-likeness (QED) is 0.885. The number of carbonyl (C=O) groups is 1. The van der Waals surface area contributed by atoms with Crippen LogP contribution in [0.1, 0.15) is 11.1 Å². The summed E-state index contributed by atoms with van der Waals surface area (Å²) < 4.78 is 1.57. The molecule has 0 unspecified atom stereocenters. The van der Waals surface area contributed by atoms with Gasteiger partial charge in [0, 0.05) is 13.1 Å². The van der Waals surface area contributed by atoms with Crippen molar-refractivity contribution in [3.63, 3.8) is 0 Å². The van der Waals surface area contributed by atoms with Crippen molar-refractivity contribution in [2.24, 2.45) is 7.05 Å². The third-order valence-electron chi connectivity index (χ3n) is 2.73. The van der Waals surface area contributed by atoms with Gasteiger partial charge in [-0.15, -0.1) is 0 Å². The third kappa shape index (κ3) is 3.06. The van der Waals surface area contributed by atoms with Crippen LogP contribution in [0.5, 0.6) is 0 Å². The minimum Gasteiger partial charge on any atom is -0.306 e. The Morgan fingerprint density at radius 2 is 2.05 bits per heavy atom. The molecule has 19 heavy (non-hydrogen) atoms. The van der Waals surface area contributed by atoms with Crippen molar-refractivity contribution in [2.75, 3.05) is 10.6 Å². The van der Waals surface area contributed by atoms with E-state index in [0.29, 0.717) is 16.5 Å². The maximum absolute atomic E-state index is 11.9. The Balaban J connectivity index is 2.14. The predicted molar refractivity (Wildman–Crippen MR) is 76.8 cm³/mol. The van der Waals surface area contributed by atoms with Gasteiger partial charge in [0.2, 0.25) is 0 Å². The summed E-state index contributed by atoms with van der Waals surface area (Å²) in [4.78, 5) is 11.9. The Kier molecular flexibility index (Phi) is 3.76. The van der Waals surface area contributed by atoms with Gasteiger partial charge in [-0.05, 0) is 31.0 Å². The lowest BCUT2D eigenvalue weighted by atomic mass is 10.1. The molecule has 0 aliphatic rings. The van der Waals surface area contributed by atoms with Crippen molar-refractivity contribution in [1.29, 1.82) is 0 Å². The fourth-order valence-corrected chi connectivity index (χ4v) is 2.20. The number of urea groups is 1. The second-order valence-corrected chi connectivity index (χ2v) is 4.77. The SMILES string of the molecule is Cc1cc(C)c(NC(=O)Nc2ccnn2C)c(Cl)c1. The van der Waals surface area contributed by atoms with Crippen LogP contribution in [-0.4, -0.2) is 15.8 Å². The summed E-state index contributed by atoms with van der Waals surface area (Å²) in [6.45, 7) is 3.86. The van der Waals surface area contributed by atoms with E-state index in [-0.39, 0.29) is 6.03 Å². The zero-order valence-corrected chi connectivity index (χ0v) is 11.7. The number of amides is 2. The van der Waals surface area contributed by atoms with Crippen molar-refractivity contribution >= 4 is 29.1 Å². The van der Waals surface area contributed by atoms with E-state index >= 15 is 0 Å². The molecule has 2 aromatic rings. The van der Waals surface area contributed by atoms with Crippen LogP contribution in [0.2, 0.25) is 5.02 Å². The molecule has 0 radical (unpaired) electrons. The normalized spacial score (nSPS) is 10.3. The van der Waals surface area contributed by atoms with E-state index in [2.05, 4.69) is 15.7 Å². The predicted octanol–water partition coefficient (Wildman–Crippen LogP) is 3.33. The molecule has 2 rings (SSSR count). The van der Waals surface area contributed by atoms with Crippen LogP contribution in [0.25, 0.3) is 0 Å². The molecule has 1 aromatic heterocycles. The number of nitrogens with one attached hydrogen (secondary N) is 2. The molecule has 0 bridgehead atoms. The Morgan fingerprint density at radius 1 is 1.32 bits per heavy atom. The van der Waals surface area contributed by atoms with Crippen molar-refractivity contribution in [3.8, 4) is 0 Å². The van der Waals surface area contributed by atoms with Crippen LogP contribution in [0, 0.1) is 13.8 Å². The zero-order valence-electron chi connectivity index (χ0n) is 11.0. The fraction of sp³-hybridized carbons (Fsp3) is 0.231. The Bertz CT molecular complexity index is 598. The molecule has 0 atom stereocenters. The van der Waals surface area contributed by atoms with Gasteiger partial charge in [-0.25, -0.2) is 4.79 Å². The van der Waals surface area contributed by atoms with Gasteiger partial charge < -0.3 is 5.32 Å². The summed E-state index contributed by atoms with van der Waals surface area (Å²) in [6.07, 6.45) is 1.61. The highest BCUT2D eigenvalue weighted by atomic mass is 35.5. The van der Waals surface area contributed by atoms with Crippen LogP contribution in [0.15, 0.2) is 24.4 Å². The van der Waals surface area contributed by atoms with E-state index in [0.717, 1.165) is 11.1 Å². The van der Waals surface area contributed by atoms with E-state index in [9.17, 15) is 4.79 Å². The summed E-state index contributed by atoms with van der Waals surface area (Å²) in [6, 6.07) is 5.14. The lowest BCUT2D eigenvalue weighted by Gasteiger charge is -2.12. The molecule has 0 spiro atoms. The topological polar surface area (TPSA) is 59.0 Å². The molecule has 0 fully saturated rings. The summed E-state index contributed by atoms with van der Waals surface area (Å²) in [5.41, 5.74) is 2.59. The van der Waals surface area contributed by atoms with E-state index in [4.69, 9.17) is 11.6 Å². The number of aryl methyl sites for hydroxylation is 3. The van der Waals surface area contributed by atoms with Gasteiger partial charge in [-0.3, -0.25) is 10.00 Å². The van der Waals surface area contributed by atoms with Crippen LogP contribution >= 0.6 is 11.6 Å². The smallest absolute Gasteiger partial charge is 0.306 e. The van der Waals surface area contributed by atoms with E-state index in [1.807, 2.05) is 26.0 Å². The minimum atomic E-state index is -0.350. The molecule has 0 saturated carbocycles. The second-order valence-electron chi connectivity index (χ2n) is 4.36. The summed E-state index contributed by atoms with van der Waals surface area (Å²) in [7, 11) is 1.75. The molecule has 1 heterocycles. The Morgan fingerprint density at radius 3 is 2.63 bits per heavy atom. The van der Waals surface area contributed by atoms with Gasteiger partial charge >= 0.3 is 6.03 Å². The van der Waals surface area contributed by atoms with E-state index in [1.54, 1.807) is 24.0 Å². The highest BCUT2D eigenvalue weighted by Gasteiger charge is 2.10.